The minimum absolute atomic E-state index is 0. The molecule has 11 heteroatoms. The summed E-state index contributed by atoms with van der Waals surface area (Å²) in [6.07, 6.45) is 0.904. The molecule has 1 aliphatic heterocycles. The van der Waals surface area contributed by atoms with E-state index in [1.165, 1.54) is 12.5 Å². The van der Waals surface area contributed by atoms with Gasteiger partial charge in [-0.1, -0.05) is 6.92 Å². The van der Waals surface area contributed by atoms with Crippen LogP contribution in [0.25, 0.3) is 0 Å². The average Bonchev–Trinajstić information content (AvgIpc) is 3.33. The molecule has 34 heavy (non-hydrogen) atoms. The Hall–Kier alpha value is -2.72. The maximum absolute atomic E-state index is 14.0. The molecule has 5 aliphatic carbocycles. The summed E-state index contributed by atoms with van der Waals surface area (Å²) < 4.78 is 38.7. The summed E-state index contributed by atoms with van der Waals surface area (Å²) in [5, 5.41) is 10.4. The fraction of sp³-hybridized carbons (Fsp3) is 0.696. The smallest absolute Gasteiger partial charge is 0.363 e. The zero-order valence-electron chi connectivity index (χ0n) is 18.5. The highest BCUT2D eigenvalue weighted by molar-refractivity contribution is 5.91. The highest BCUT2D eigenvalue weighted by Crippen LogP contribution is 2.96. The molecule has 186 valence electrons. The SMILES string of the molecule is C[C@@H]1C2[C@H]3[C@@H]1[C@]1(Nc4cnc(C(F)(F)F)cn4)C[C@@H]4C1[C@H]4[C@@]23C(=O)N1CC[C@H](c2ncn[nH]2)C1.[HH].[HH].[HH].[HH]. The van der Waals surface area contributed by atoms with E-state index in [1.807, 2.05) is 0 Å². The van der Waals surface area contributed by atoms with Gasteiger partial charge in [0.05, 0.1) is 17.8 Å². The molecule has 0 spiro atoms. The molecule has 8 nitrogen and oxygen atoms in total. The molecule has 5 saturated carbocycles. The normalized spacial score (nSPS) is 46.6. The molecule has 3 heterocycles. The number of carbonyl (C=O) groups is 1. The second-order valence-corrected chi connectivity index (χ2v) is 11.3. The van der Waals surface area contributed by atoms with E-state index in [2.05, 4.69) is 42.3 Å². The third-order valence-corrected chi connectivity index (χ3v) is 10.4. The van der Waals surface area contributed by atoms with Crippen LogP contribution in [-0.4, -0.2) is 54.6 Å². The Morgan fingerprint density at radius 1 is 1.18 bits per heavy atom. The molecule has 6 aliphatic rings. The number of aromatic nitrogens is 5. The number of nitrogens with zero attached hydrogens (tertiary/aromatic N) is 5. The molecular formula is C23H32F3N7O. The Kier molecular flexibility index (Phi) is 3.30. The monoisotopic (exact) mass is 479 g/mol. The molecule has 2 unspecified atom stereocenters. The van der Waals surface area contributed by atoms with Crippen LogP contribution in [0, 0.1) is 46.8 Å². The zero-order valence-corrected chi connectivity index (χ0v) is 18.5. The first-order valence-corrected chi connectivity index (χ1v) is 12.1. The van der Waals surface area contributed by atoms with Crippen LogP contribution < -0.4 is 5.32 Å². The van der Waals surface area contributed by atoms with Crippen LogP contribution in [0.3, 0.4) is 0 Å². The van der Waals surface area contributed by atoms with Crippen molar-refractivity contribution < 1.29 is 23.7 Å². The fourth-order valence-corrected chi connectivity index (χ4v) is 9.37. The van der Waals surface area contributed by atoms with Gasteiger partial charge in [-0.25, -0.2) is 15.0 Å². The Bertz CT molecular complexity index is 1220. The maximum Gasteiger partial charge on any atom is 0.434 e. The topological polar surface area (TPSA) is 99.7 Å². The van der Waals surface area contributed by atoms with E-state index in [4.69, 9.17) is 0 Å². The molecule has 1 saturated heterocycles. The number of carbonyl (C=O) groups excluding carboxylic acids is 1. The number of hydrogen-bond acceptors (Lipinski definition) is 6. The number of alkyl halides is 3. The number of amides is 1. The highest BCUT2D eigenvalue weighted by atomic mass is 19.4. The van der Waals surface area contributed by atoms with Gasteiger partial charge in [0.1, 0.15) is 18.0 Å². The van der Waals surface area contributed by atoms with Crippen LogP contribution in [0.4, 0.5) is 19.0 Å². The standard InChI is InChI=1S/C23H24F3N7O.4H2/c1-9-14-18-15(9)22(18,20(34)33-3-2-10(7-33)19-29-8-30-32-19)17-11-4-21(14,16(11)17)31-13-6-27-12(5-28-13)23(24,25)26;;;;/h5-6,8-11,14-18H,2-4,7H2,1H3,(H,28,31)(H,29,30,32);4*1H/t9-,10-,11+,14+,15?,16?,17-,18+,21+,22-;;;;/m0..../s1. The van der Waals surface area contributed by atoms with Gasteiger partial charge in [-0.15, -0.1) is 0 Å². The summed E-state index contributed by atoms with van der Waals surface area (Å²) in [4.78, 5) is 28.0. The van der Waals surface area contributed by atoms with Crippen molar-refractivity contribution in [3.63, 3.8) is 0 Å². The van der Waals surface area contributed by atoms with Gasteiger partial charge >= 0.3 is 6.18 Å². The quantitative estimate of drug-likeness (QED) is 0.696. The first kappa shape index (κ1) is 19.6. The summed E-state index contributed by atoms with van der Waals surface area (Å²) in [6, 6.07) is 0. The first-order chi connectivity index (χ1) is 16.3. The Morgan fingerprint density at radius 3 is 2.74 bits per heavy atom. The Morgan fingerprint density at radius 2 is 2.03 bits per heavy atom. The molecule has 2 aromatic heterocycles. The van der Waals surface area contributed by atoms with Crippen molar-refractivity contribution in [2.24, 2.45) is 46.8 Å². The summed E-state index contributed by atoms with van der Waals surface area (Å²) in [7, 11) is 0. The van der Waals surface area contributed by atoms with E-state index in [0.29, 0.717) is 59.7 Å². The minimum Gasteiger partial charge on any atom is -0.363 e. The third kappa shape index (κ3) is 2.03. The van der Waals surface area contributed by atoms with Crippen molar-refractivity contribution in [3.05, 3.63) is 30.2 Å². The highest BCUT2D eigenvalue weighted by Gasteiger charge is 2.99. The number of hydrogen-bond donors (Lipinski definition) is 2. The number of aromatic amines is 1. The molecule has 0 radical (unpaired) electrons. The molecule has 0 aromatic carbocycles. The van der Waals surface area contributed by atoms with E-state index in [0.717, 1.165) is 31.4 Å². The maximum atomic E-state index is 14.0. The van der Waals surface area contributed by atoms with Crippen LogP contribution in [-0.2, 0) is 11.0 Å². The number of halogens is 3. The van der Waals surface area contributed by atoms with Crippen LogP contribution in [0.15, 0.2) is 18.7 Å². The Labute approximate surface area is 199 Å². The van der Waals surface area contributed by atoms with Gasteiger partial charge in [0.15, 0.2) is 5.69 Å². The van der Waals surface area contributed by atoms with E-state index < -0.39 is 11.9 Å². The molecule has 1 amide bonds. The summed E-state index contributed by atoms with van der Waals surface area (Å²) in [5.41, 5.74) is -1.35. The predicted octanol–water partition coefficient (Wildman–Crippen LogP) is 3.54. The van der Waals surface area contributed by atoms with Gasteiger partial charge in [0.2, 0.25) is 5.91 Å². The number of anilines is 1. The van der Waals surface area contributed by atoms with Gasteiger partial charge < -0.3 is 10.2 Å². The van der Waals surface area contributed by atoms with E-state index >= 15 is 0 Å². The van der Waals surface area contributed by atoms with Crippen LogP contribution in [0.2, 0.25) is 0 Å². The van der Waals surface area contributed by atoms with Gasteiger partial charge in [0.25, 0.3) is 0 Å². The third-order valence-electron chi connectivity index (χ3n) is 10.4. The summed E-state index contributed by atoms with van der Waals surface area (Å²) in [6.45, 7) is 3.71. The first-order valence-electron chi connectivity index (χ1n) is 12.1. The van der Waals surface area contributed by atoms with Crippen molar-refractivity contribution in [1.82, 2.24) is 30.0 Å². The second kappa shape index (κ2) is 5.73. The van der Waals surface area contributed by atoms with E-state index in [1.54, 1.807) is 0 Å². The lowest BCUT2D eigenvalue weighted by Gasteiger charge is -2.55. The van der Waals surface area contributed by atoms with Crippen molar-refractivity contribution in [1.29, 1.82) is 0 Å². The molecule has 2 N–H and O–H groups in total. The second-order valence-electron chi connectivity index (χ2n) is 11.3. The van der Waals surface area contributed by atoms with Crippen molar-refractivity contribution in [2.45, 2.75) is 37.4 Å². The van der Waals surface area contributed by atoms with E-state index in [-0.39, 0.29) is 22.6 Å². The minimum atomic E-state index is -4.50. The van der Waals surface area contributed by atoms with E-state index in [9.17, 15) is 18.0 Å². The number of rotatable bonds is 4. The predicted molar refractivity (Wildman–Crippen MR) is 119 cm³/mol. The van der Waals surface area contributed by atoms with Gasteiger partial charge in [-0.2, -0.15) is 18.3 Å². The van der Waals surface area contributed by atoms with Crippen molar-refractivity contribution >= 4 is 11.7 Å². The molecule has 6 fully saturated rings. The lowest BCUT2D eigenvalue weighted by molar-refractivity contribution is -0.141. The molecule has 8 rings (SSSR count). The average molecular weight is 480 g/mol. The summed E-state index contributed by atoms with van der Waals surface area (Å²) in [5.74, 6) is 4.74. The Balaban J connectivity index is 0.000000840. The van der Waals surface area contributed by atoms with Gasteiger partial charge in [-0.3, -0.25) is 9.89 Å². The fourth-order valence-electron chi connectivity index (χ4n) is 9.37. The lowest BCUT2D eigenvalue weighted by atomic mass is 9.56. The molecular weight excluding hydrogens is 447 g/mol. The van der Waals surface area contributed by atoms with Crippen LogP contribution >= 0.6 is 0 Å². The lowest BCUT2D eigenvalue weighted by Crippen LogP contribution is -2.60. The summed E-state index contributed by atoms with van der Waals surface area (Å²) >= 11 is 0. The zero-order chi connectivity index (χ0) is 23.2. The van der Waals surface area contributed by atoms with Crippen LogP contribution in [0.5, 0.6) is 0 Å². The van der Waals surface area contributed by atoms with Crippen LogP contribution in [0.1, 0.15) is 42.9 Å². The van der Waals surface area contributed by atoms with Crippen molar-refractivity contribution in [2.75, 3.05) is 18.4 Å². The number of fused-ring (bicyclic) bond motifs is 4. The number of nitrogens with one attached hydrogen (secondary N) is 2. The van der Waals surface area contributed by atoms with Gasteiger partial charge in [-0.05, 0) is 54.3 Å². The van der Waals surface area contributed by atoms with Gasteiger partial charge in [0, 0.05) is 30.3 Å². The molecule has 2 aromatic rings. The molecule has 0 bridgehead atoms. The van der Waals surface area contributed by atoms with Crippen molar-refractivity contribution in [3.8, 4) is 0 Å². The largest absolute Gasteiger partial charge is 0.434 e. The molecule has 10 atom stereocenters. The number of likely N-dealkylation sites (tertiary alicyclic amines) is 1. The number of H-pyrrole nitrogens is 1.